The molecule has 1 unspecified atom stereocenters. The molecule has 5 nitrogen and oxygen atoms in total. The Morgan fingerprint density at radius 1 is 1.09 bits per heavy atom. The van der Waals surface area contributed by atoms with Crippen LogP contribution < -0.4 is 9.47 Å². The minimum absolute atomic E-state index is 0.272. The summed E-state index contributed by atoms with van der Waals surface area (Å²) in [5.41, 5.74) is 1.25. The lowest BCUT2D eigenvalue weighted by Gasteiger charge is -2.37. The minimum Gasteiger partial charge on any atom is -0.486 e. The summed E-state index contributed by atoms with van der Waals surface area (Å²) in [5.74, 6) is 2.08. The molecule has 1 saturated heterocycles. The van der Waals surface area contributed by atoms with Crippen molar-refractivity contribution in [3.63, 3.8) is 0 Å². The van der Waals surface area contributed by atoms with Gasteiger partial charge < -0.3 is 19.3 Å². The van der Waals surface area contributed by atoms with E-state index in [1.165, 1.54) is 5.56 Å². The maximum atomic E-state index is 9.42. The molecular formula is C17H23NO4. The molecular weight excluding hydrogens is 282 g/mol. The van der Waals surface area contributed by atoms with Crippen LogP contribution in [-0.4, -0.2) is 55.1 Å². The predicted molar refractivity (Wildman–Crippen MR) is 81.2 cm³/mol. The predicted octanol–water partition coefficient (Wildman–Crippen LogP) is 1.43. The fourth-order valence-corrected chi connectivity index (χ4v) is 3.89. The Morgan fingerprint density at radius 2 is 1.95 bits per heavy atom. The Balaban J connectivity index is 1.48. The van der Waals surface area contributed by atoms with E-state index in [4.69, 9.17) is 14.2 Å². The van der Waals surface area contributed by atoms with Crippen LogP contribution in [0.3, 0.4) is 0 Å². The molecule has 1 saturated carbocycles. The third-order valence-corrected chi connectivity index (χ3v) is 5.00. The van der Waals surface area contributed by atoms with Gasteiger partial charge in [-0.25, -0.2) is 0 Å². The number of hydrogen-bond donors (Lipinski definition) is 1. The van der Waals surface area contributed by atoms with Crippen LogP contribution in [0.2, 0.25) is 0 Å². The number of fused-ring (bicyclic) bond motifs is 2. The summed E-state index contributed by atoms with van der Waals surface area (Å²) in [5, 5.41) is 9.42. The van der Waals surface area contributed by atoms with E-state index in [1.54, 1.807) is 0 Å². The first-order valence-electron chi connectivity index (χ1n) is 8.18. The molecule has 2 fully saturated rings. The van der Waals surface area contributed by atoms with Gasteiger partial charge in [-0.2, -0.15) is 0 Å². The SMILES string of the molecule is OC[C@H]1CC2OCCN(Cc3ccc4c(c3)OCCO4)[C@H]2C1. The summed E-state index contributed by atoms with van der Waals surface area (Å²) in [6.07, 6.45) is 2.30. The normalized spacial score (nSPS) is 31.0. The van der Waals surface area contributed by atoms with Gasteiger partial charge in [-0.3, -0.25) is 4.90 Å². The van der Waals surface area contributed by atoms with Gasteiger partial charge in [0.25, 0.3) is 0 Å². The lowest BCUT2D eigenvalue weighted by atomic mass is 10.1. The number of aliphatic hydroxyl groups is 1. The Hall–Kier alpha value is -1.30. The van der Waals surface area contributed by atoms with Crippen molar-refractivity contribution in [2.75, 3.05) is 33.0 Å². The number of hydrogen-bond acceptors (Lipinski definition) is 5. The van der Waals surface area contributed by atoms with E-state index < -0.39 is 0 Å². The summed E-state index contributed by atoms with van der Waals surface area (Å²) in [7, 11) is 0. The molecule has 1 aromatic rings. The molecule has 3 aliphatic rings. The molecule has 1 aliphatic carbocycles. The molecule has 1 N–H and O–H groups in total. The van der Waals surface area contributed by atoms with Crippen molar-refractivity contribution in [3.05, 3.63) is 23.8 Å². The fourth-order valence-electron chi connectivity index (χ4n) is 3.89. The topological polar surface area (TPSA) is 51.2 Å². The van der Waals surface area contributed by atoms with Crippen molar-refractivity contribution >= 4 is 0 Å². The average Bonchev–Trinajstić information content (AvgIpc) is 2.99. The number of rotatable bonds is 3. The molecule has 1 aromatic carbocycles. The molecule has 0 aromatic heterocycles. The van der Waals surface area contributed by atoms with Gasteiger partial charge in [0.2, 0.25) is 0 Å². The maximum absolute atomic E-state index is 9.42. The summed E-state index contributed by atoms with van der Waals surface area (Å²) < 4.78 is 17.1. The molecule has 0 spiro atoms. The van der Waals surface area contributed by atoms with Crippen molar-refractivity contribution in [1.82, 2.24) is 4.90 Å². The molecule has 2 aliphatic heterocycles. The molecule has 2 heterocycles. The quantitative estimate of drug-likeness (QED) is 0.915. The first-order valence-corrected chi connectivity index (χ1v) is 8.18. The summed E-state index contributed by atoms with van der Waals surface area (Å²) in [6.45, 7) is 4.16. The van der Waals surface area contributed by atoms with E-state index >= 15 is 0 Å². The highest BCUT2D eigenvalue weighted by Gasteiger charge is 2.40. The summed E-state index contributed by atoms with van der Waals surface area (Å²) >= 11 is 0. The number of ether oxygens (including phenoxy) is 3. The minimum atomic E-state index is 0.272. The van der Waals surface area contributed by atoms with Crippen molar-refractivity contribution in [3.8, 4) is 11.5 Å². The van der Waals surface area contributed by atoms with Crippen molar-refractivity contribution < 1.29 is 19.3 Å². The molecule has 0 radical (unpaired) electrons. The van der Waals surface area contributed by atoms with Crippen molar-refractivity contribution in [2.45, 2.75) is 31.5 Å². The van der Waals surface area contributed by atoms with Gasteiger partial charge in [0, 0.05) is 25.7 Å². The Morgan fingerprint density at radius 3 is 2.82 bits per heavy atom. The second-order valence-corrected chi connectivity index (χ2v) is 6.45. The van der Waals surface area contributed by atoms with Gasteiger partial charge in [-0.1, -0.05) is 6.07 Å². The van der Waals surface area contributed by atoms with Crippen LogP contribution >= 0.6 is 0 Å². The highest BCUT2D eigenvalue weighted by atomic mass is 16.6. The van der Waals surface area contributed by atoms with E-state index in [1.807, 2.05) is 6.07 Å². The molecule has 0 amide bonds. The monoisotopic (exact) mass is 305 g/mol. The van der Waals surface area contributed by atoms with Crippen LogP contribution in [0.4, 0.5) is 0 Å². The van der Waals surface area contributed by atoms with Crippen LogP contribution in [-0.2, 0) is 11.3 Å². The zero-order valence-electron chi connectivity index (χ0n) is 12.7. The molecule has 4 rings (SSSR count). The van der Waals surface area contributed by atoms with Gasteiger partial charge >= 0.3 is 0 Å². The highest BCUT2D eigenvalue weighted by Crippen LogP contribution is 2.36. The number of morpholine rings is 1. The number of nitrogens with zero attached hydrogens (tertiary/aromatic N) is 1. The van der Waals surface area contributed by atoms with Crippen LogP contribution in [0.25, 0.3) is 0 Å². The first-order chi connectivity index (χ1) is 10.8. The van der Waals surface area contributed by atoms with Crippen molar-refractivity contribution in [1.29, 1.82) is 0 Å². The van der Waals surface area contributed by atoms with E-state index in [0.29, 0.717) is 25.2 Å². The molecule has 22 heavy (non-hydrogen) atoms. The number of benzene rings is 1. The van der Waals surface area contributed by atoms with Crippen molar-refractivity contribution in [2.24, 2.45) is 5.92 Å². The maximum Gasteiger partial charge on any atom is 0.161 e. The first kappa shape index (κ1) is 14.3. The van der Waals surface area contributed by atoms with Gasteiger partial charge in [-0.05, 0) is 36.5 Å². The Kier molecular flexibility index (Phi) is 3.94. The second kappa shape index (κ2) is 6.07. The van der Waals surface area contributed by atoms with Crippen LogP contribution in [0.1, 0.15) is 18.4 Å². The molecule has 0 bridgehead atoms. The standard InChI is InChI=1S/C17H23NO4/c19-11-13-7-14-16(9-13)20-4-3-18(14)10-12-1-2-15-17(8-12)22-6-5-21-15/h1-2,8,13-14,16,19H,3-7,9-11H2/t13-,14+,16?/m1/s1. The number of aliphatic hydroxyl groups excluding tert-OH is 1. The molecule has 5 heteroatoms. The Bertz CT molecular complexity index is 535. The van der Waals surface area contributed by atoms with Crippen LogP contribution in [0, 0.1) is 5.92 Å². The zero-order chi connectivity index (χ0) is 14.9. The van der Waals surface area contributed by atoms with Gasteiger partial charge in [0.05, 0.1) is 12.7 Å². The fraction of sp³-hybridized carbons (Fsp3) is 0.647. The molecule has 3 atom stereocenters. The highest BCUT2D eigenvalue weighted by molar-refractivity contribution is 5.43. The molecule has 120 valence electrons. The third-order valence-electron chi connectivity index (χ3n) is 5.00. The van der Waals surface area contributed by atoms with E-state index in [-0.39, 0.29) is 12.7 Å². The third kappa shape index (κ3) is 2.69. The average molecular weight is 305 g/mol. The summed E-state index contributed by atoms with van der Waals surface area (Å²) in [4.78, 5) is 2.50. The van der Waals surface area contributed by atoms with Gasteiger partial charge in [0.15, 0.2) is 11.5 Å². The van der Waals surface area contributed by atoms with Crippen LogP contribution in [0.15, 0.2) is 18.2 Å². The van der Waals surface area contributed by atoms with Crippen LogP contribution in [0.5, 0.6) is 11.5 Å². The van der Waals surface area contributed by atoms with E-state index in [0.717, 1.165) is 44.0 Å². The van der Waals surface area contributed by atoms with E-state index in [2.05, 4.69) is 17.0 Å². The smallest absolute Gasteiger partial charge is 0.161 e. The van der Waals surface area contributed by atoms with E-state index in [9.17, 15) is 5.11 Å². The Labute approximate surface area is 130 Å². The van der Waals surface area contributed by atoms with Gasteiger partial charge in [0.1, 0.15) is 13.2 Å². The largest absolute Gasteiger partial charge is 0.486 e. The zero-order valence-corrected chi connectivity index (χ0v) is 12.7. The summed E-state index contributed by atoms with van der Waals surface area (Å²) in [6, 6.07) is 6.65. The second-order valence-electron chi connectivity index (χ2n) is 6.45. The lowest BCUT2D eigenvalue weighted by molar-refractivity contribution is -0.0590. The lowest BCUT2D eigenvalue weighted by Crippen LogP contribution is -2.47. The van der Waals surface area contributed by atoms with Gasteiger partial charge in [-0.15, -0.1) is 0 Å².